The molecule has 2 aliphatic heterocycles. The molecule has 2 saturated heterocycles. The lowest BCUT2D eigenvalue weighted by molar-refractivity contribution is -0.146. The fraction of sp³-hybridized carbons (Fsp3) is 0.565. The van der Waals surface area contributed by atoms with Gasteiger partial charge in [0.25, 0.3) is 5.91 Å². The summed E-state index contributed by atoms with van der Waals surface area (Å²) < 4.78 is 77.2. The monoisotopic (exact) mass is 553 g/mol. The fourth-order valence-corrected chi connectivity index (χ4v) is 5.43. The number of carbonyl (C=O) groups excluding carboxylic acids is 2. The zero-order valence-electron chi connectivity index (χ0n) is 19.8. The number of nitrogens with zero attached hydrogens (tertiary/aromatic N) is 2. The van der Waals surface area contributed by atoms with E-state index in [4.69, 9.17) is 11.6 Å². The topological polar surface area (TPSA) is 86.8 Å². The van der Waals surface area contributed by atoms with Gasteiger partial charge < -0.3 is 10.2 Å². The van der Waals surface area contributed by atoms with E-state index < -0.39 is 64.5 Å². The molecule has 0 bridgehead atoms. The fourth-order valence-electron chi connectivity index (χ4n) is 4.63. The van der Waals surface area contributed by atoms with Crippen LogP contribution < -0.4 is 5.32 Å². The number of halogens is 5. The standard InChI is InChI=1S/C23H28ClF4N3O4S/c1-15(7-10-36(2,34)35)29-21(33)22(25)8-9-31(13-22)20(32)18-12-30(14-23(26,27)28)11-17(18)16-5-3-4-6-19(16)24/h3-7,10,15,17-18H,8-9,11-14H2,1-2H3,(H,29,33)/b10-7-/t15-,17+,18+,22?/m1/s1. The molecule has 0 saturated carbocycles. The lowest BCUT2D eigenvalue weighted by atomic mass is 9.88. The zero-order chi connectivity index (χ0) is 26.9. The maximum absolute atomic E-state index is 15.5. The zero-order valence-corrected chi connectivity index (χ0v) is 21.3. The molecule has 0 radical (unpaired) electrons. The molecule has 200 valence electrons. The minimum atomic E-state index is -4.45. The number of hydrogen-bond acceptors (Lipinski definition) is 5. The summed E-state index contributed by atoms with van der Waals surface area (Å²) in [6.45, 7) is -0.566. The Bertz CT molecular complexity index is 1130. The largest absolute Gasteiger partial charge is 0.401 e. The molecular formula is C23H28ClF4N3O4S. The molecule has 1 aromatic carbocycles. The molecule has 0 spiro atoms. The van der Waals surface area contributed by atoms with Crippen LogP contribution in [0.5, 0.6) is 0 Å². The van der Waals surface area contributed by atoms with Crippen LogP contribution in [-0.2, 0) is 19.4 Å². The number of benzene rings is 1. The van der Waals surface area contributed by atoms with Gasteiger partial charge in [0.05, 0.1) is 19.0 Å². The molecule has 0 aliphatic carbocycles. The average molecular weight is 554 g/mol. The van der Waals surface area contributed by atoms with Gasteiger partial charge in [-0.05, 0) is 18.6 Å². The second-order valence-electron chi connectivity index (χ2n) is 9.44. The van der Waals surface area contributed by atoms with Crippen molar-refractivity contribution in [3.05, 3.63) is 46.3 Å². The smallest absolute Gasteiger partial charge is 0.347 e. The maximum atomic E-state index is 15.5. The number of hydrogen-bond donors (Lipinski definition) is 1. The molecule has 36 heavy (non-hydrogen) atoms. The molecule has 0 aromatic heterocycles. The van der Waals surface area contributed by atoms with Crippen molar-refractivity contribution in [1.82, 2.24) is 15.1 Å². The average Bonchev–Trinajstić information content (AvgIpc) is 3.35. The Labute approximate surface area is 212 Å². The molecule has 7 nitrogen and oxygen atoms in total. The molecule has 2 aliphatic rings. The lowest BCUT2D eigenvalue weighted by Crippen LogP contribution is -2.49. The van der Waals surface area contributed by atoms with E-state index in [2.05, 4.69) is 5.32 Å². The van der Waals surface area contributed by atoms with Crippen LogP contribution in [0.15, 0.2) is 35.7 Å². The summed E-state index contributed by atoms with van der Waals surface area (Å²) in [6, 6.07) is 5.83. The number of rotatable bonds is 7. The summed E-state index contributed by atoms with van der Waals surface area (Å²) >= 11 is 6.28. The Morgan fingerprint density at radius 1 is 1.28 bits per heavy atom. The normalized spacial score (nSPS) is 26.5. The second kappa shape index (κ2) is 10.7. The Kier molecular flexibility index (Phi) is 8.41. The Morgan fingerprint density at radius 3 is 2.56 bits per heavy atom. The predicted octanol–water partition coefficient (Wildman–Crippen LogP) is 2.92. The van der Waals surface area contributed by atoms with Gasteiger partial charge in [0.2, 0.25) is 11.6 Å². The number of likely N-dealkylation sites (tertiary alicyclic amines) is 2. The minimum Gasteiger partial charge on any atom is -0.347 e. The minimum absolute atomic E-state index is 0.0427. The Hall–Kier alpha value is -2.18. The van der Waals surface area contributed by atoms with Crippen LogP contribution in [0.3, 0.4) is 0 Å². The quantitative estimate of drug-likeness (QED) is 0.525. The van der Waals surface area contributed by atoms with Crippen molar-refractivity contribution in [2.75, 3.05) is 39.0 Å². The van der Waals surface area contributed by atoms with Gasteiger partial charge in [-0.3, -0.25) is 14.5 Å². The van der Waals surface area contributed by atoms with Crippen LogP contribution in [0, 0.1) is 5.92 Å². The summed E-state index contributed by atoms with van der Waals surface area (Å²) in [7, 11) is -3.43. The molecule has 3 rings (SSSR count). The number of alkyl halides is 4. The van der Waals surface area contributed by atoms with Crippen LogP contribution in [0.2, 0.25) is 5.02 Å². The summed E-state index contributed by atoms with van der Waals surface area (Å²) in [4.78, 5) is 28.3. The summed E-state index contributed by atoms with van der Waals surface area (Å²) in [5.41, 5.74) is -1.87. The molecule has 2 fully saturated rings. The molecule has 1 unspecified atom stereocenters. The third-order valence-corrected chi connectivity index (χ3v) is 7.33. The highest BCUT2D eigenvalue weighted by molar-refractivity contribution is 7.93. The van der Waals surface area contributed by atoms with E-state index in [-0.39, 0.29) is 26.1 Å². The first-order valence-corrected chi connectivity index (χ1v) is 13.6. The number of nitrogens with one attached hydrogen (secondary N) is 1. The van der Waals surface area contributed by atoms with Gasteiger partial charge in [-0.2, -0.15) is 13.2 Å². The van der Waals surface area contributed by atoms with Crippen molar-refractivity contribution in [2.24, 2.45) is 5.92 Å². The number of sulfone groups is 1. The van der Waals surface area contributed by atoms with Gasteiger partial charge in [0.1, 0.15) is 0 Å². The molecule has 1 N–H and O–H groups in total. The van der Waals surface area contributed by atoms with E-state index in [1.54, 1.807) is 24.3 Å². The van der Waals surface area contributed by atoms with Gasteiger partial charge in [-0.1, -0.05) is 35.9 Å². The van der Waals surface area contributed by atoms with E-state index in [0.29, 0.717) is 10.6 Å². The van der Waals surface area contributed by atoms with Gasteiger partial charge in [-0.15, -0.1) is 0 Å². The van der Waals surface area contributed by atoms with E-state index in [0.717, 1.165) is 16.6 Å². The van der Waals surface area contributed by atoms with Gasteiger partial charge >= 0.3 is 6.18 Å². The summed E-state index contributed by atoms with van der Waals surface area (Å²) in [6.07, 6.45) is -2.56. The van der Waals surface area contributed by atoms with E-state index in [1.807, 2.05) is 0 Å². The van der Waals surface area contributed by atoms with Gasteiger partial charge in [0, 0.05) is 54.7 Å². The predicted molar refractivity (Wildman–Crippen MR) is 127 cm³/mol. The molecule has 2 amide bonds. The van der Waals surface area contributed by atoms with Gasteiger partial charge in [-0.25, -0.2) is 12.8 Å². The van der Waals surface area contributed by atoms with Crippen molar-refractivity contribution in [1.29, 1.82) is 0 Å². The van der Waals surface area contributed by atoms with Crippen molar-refractivity contribution in [3.63, 3.8) is 0 Å². The van der Waals surface area contributed by atoms with Crippen LogP contribution in [0.1, 0.15) is 24.8 Å². The van der Waals surface area contributed by atoms with Crippen molar-refractivity contribution >= 4 is 33.3 Å². The first-order chi connectivity index (χ1) is 16.6. The van der Waals surface area contributed by atoms with Crippen molar-refractivity contribution in [2.45, 2.75) is 37.1 Å². The molecule has 2 heterocycles. The highest BCUT2D eigenvalue weighted by Gasteiger charge is 2.50. The first-order valence-electron chi connectivity index (χ1n) is 11.3. The van der Waals surface area contributed by atoms with E-state index >= 15 is 4.39 Å². The molecule has 13 heteroatoms. The highest BCUT2D eigenvalue weighted by Crippen LogP contribution is 2.39. The van der Waals surface area contributed by atoms with Crippen LogP contribution in [0.25, 0.3) is 0 Å². The molecule has 4 atom stereocenters. The third-order valence-electron chi connectivity index (χ3n) is 6.33. The lowest BCUT2D eigenvalue weighted by Gasteiger charge is -2.26. The van der Waals surface area contributed by atoms with Crippen LogP contribution in [0.4, 0.5) is 17.6 Å². The Morgan fingerprint density at radius 2 is 1.94 bits per heavy atom. The van der Waals surface area contributed by atoms with Crippen molar-refractivity contribution in [3.8, 4) is 0 Å². The van der Waals surface area contributed by atoms with E-state index in [1.165, 1.54) is 17.9 Å². The SMILES string of the molecule is C[C@H](/C=C\S(C)(=O)=O)NC(=O)C1(F)CCN(C(=O)[C@H]2CN(CC(F)(F)F)C[C@H]2c2ccccc2Cl)C1. The summed E-state index contributed by atoms with van der Waals surface area (Å²) in [5, 5.41) is 3.61. The van der Waals surface area contributed by atoms with E-state index in [9.17, 15) is 31.2 Å². The number of carbonyl (C=O) groups is 2. The third kappa shape index (κ3) is 7.19. The molecular weight excluding hydrogens is 526 g/mol. The Balaban J connectivity index is 1.74. The number of amides is 2. The highest BCUT2D eigenvalue weighted by atomic mass is 35.5. The summed E-state index contributed by atoms with van der Waals surface area (Å²) in [5.74, 6) is -3.05. The maximum Gasteiger partial charge on any atom is 0.401 e. The second-order valence-corrected chi connectivity index (χ2v) is 11.8. The molecule has 1 aromatic rings. The van der Waals surface area contributed by atoms with Crippen LogP contribution in [-0.4, -0.2) is 86.9 Å². The van der Waals surface area contributed by atoms with Gasteiger partial charge in [0.15, 0.2) is 9.84 Å². The van der Waals surface area contributed by atoms with Crippen LogP contribution >= 0.6 is 11.6 Å². The van der Waals surface area contributed by atoms with Crippen molar-refractivity contribution < 1.29 is 35.6 Å². The first kappa shape index (κ1) is 28.4.